The predicted octanol–water partition coefficient (Wildman–Crippen LogP) is 1.28. The molecule has 116 valence electrons. The molecule has 2 aromatic rings. The van der Waals surface area contributed by atoms with Gasteiger partial charge in [0.15, 0.2) is 0 Å². The highest BCUT2D eigenvalue weighted by Crippen LogP contribution is 2.10. The summed E-state index contributed by atoms with van der Waals surface area (Å²) in [6.45, 7) is 2.05. The summed E-state index contributed by atoms with van der Waals surface area (Å²) in [7, 11) is 0. The number of carbonyl (C=O) groups is 1. The topological polar surface area (TPSA) is 92.3 Å². The van der Waals surface area contributed by atoms with E-state index in [0.717, 1.165) is 24.2 Å². The van der Waals surface area contributed by atoms with Gasteiger partial charge in [-0.05, 0) is 41.8 Å². The fourth-order valence-corrected chi connectivity index (χ4v) is 2.15. The zero-order valence-electron chi connectivity index (χ0n) is 12.3. The highest BCUT2D eigenvalue weighted by Gasteiger charge is 2.14. The van der Waals surface area contributed by atoms with E-state index in [0.29, 0.717) is 13.0 Å². The first kappa shape index (κ1) is 16.1. The highest BCUT2D eigenvalue weighted by atomic mass is 16.4. The molecule has 6 heteroatoms. The van der Waals surface area contributed by atoms with Crippen molar-refractivity contribution in [2.75, 3.05) is 6.54 Å². The van der Waals surface area contributed by atoms with Gasteiger partial charge in [0.05, 0.1) is 0 Å². The average molecular weight is 300 g/mol. The third-order valence-corrected chi connectivity index (χ3v) is 3.38. The summed E-state index contributed by atoms with van der Waals surface area (Å²) in [5, 5.41) is 8.91. The fourth-order valence-electron chi connectivity index (χ4n) is 2.15. The summed E-state index contributed by atoms with van der Waals surface area (Å²) in [4.78, 5) is 21.1. The van der Waals surface area contributed by atoms with Crippen molar-refractivity contribution >= 4 is 5.97 Å². The Morgan fingerprint density at radius 2 is 1.50 bits per heavy atom. The lowest BCUT2D eigenvalue weighted by Gasteiger charge is -2.23. The van der Waals surface area contributed by atoms with Crippen LogP contribution in [0.15, 0.2) is 49.1 Å². The molecule has 0 fully saturated rings. The van der Waals surface area contributed by atoms with E-state index in [-0.39, 0.29) is 0 Å². The molecule has 1 atom stereocenters. The second-order valence-electron chi connectivity index (χ2n) is 5.15. The van der Waals surface area contributed by atoms with Crippen LogP contribution in [0.3, 0.4) is 0 Å². The molecule has 2 aromatic heterocycles. The van der Waals surface area contributed by atoms with Crippen molar-refractivity contribution in [2.24, 2.45) is 5.73 Å². The molecule has 0 aliphatic heterocycles. The third-order valence-electron chi connectivity index (χ3n) is 3.38. The number of aliphatic carboxylic acids is 1. The highest BCUT2D eigenvalue weighted by molar-refractivity contribution is 5.72. The molecule has 0 radical (unpaired) electrons. The van der Waals surface area contributed by atoms with E-state index in [9.17, 15) is 4.79 Å². The molecule has 0 aliphatic rings. The maximum atomic E-state index is 10.9. The molecule has 2 heterocycles. The molecule has 6 nitrogen and oxygen atoms in total. The smallest absolute Gasteiger partial charge is 0.320 e. The van der Waals surface area contributed by atoms with E-state index in [1.54, 1.807) is 24.8 Å². The van der Waals surface area contributed by atoms with Gasteiger partial charge in [-0.3, -0.25) is 19.7 Å². The van der Waals surface area contributed by atoms with E-state index in [1.165, 1.54) is 0 Å². The predicted molar refractivity (Wildman–Crippen MR) is 82.8 cm³/mol. The van der Waals surface area contributed by atoms with Crippen molar-refractivity contribution in [1.82, 2.24) is 14.9 Å². The quantitative estimate of drug-likeness (QED) is 0.763. The zero-order chi connectivity index (χ0) is 15.8. The Kier molecular flexibility index (Phi) is 6.00. The normalized spacial score (nSPS) is 12.3. The van der Waals surface area contributed by atoms with Crippen LogP contribution >= 0.6 is 0 Å². The van der Waals surface area contributed by atoms with Crippen LogP contribution in [0.5, 0.6) is 0 Å². The third kappa shape index (κ3) is 5.23. The molecule has 0 aliphatic carbocycles. The summed E-state index contributed by atoms with van der Waals surface area (Å²) >= 11 is 0. The number of carboxylic acid groups (broad SMARTS) is 1. The molecule has 22 heavy (non-hydrogen) atoms. The maximum absolute atomic E-state index is 10.9. The standard InChI is InChI=1S/C16H20N4O2/c17-15(16(21)22)5-10-20(11-13-1-6-18-7-2-13)12-14-3-8-19-9-4-14/h1-4,6-9,15H,5,10-12,17H2,(H,21,22)/t15-/m0/s1. The lowest BCUT2D eigenvalue weighted by atomic mass is 10.1. The van der Waals surface area contributed by atoms with Crippen molar-refractivity contribution in [3.8, 4) is 0 Å². The summed E-state index contributed by atoms with van der Waals surface area (Å²) in [5.74, 6) is -0.965. The first-order valence-corrected chi connectivity index (χ1v) is 7.13. The molecule has 0 saturated carbocycles. The Balaban J connectivity index is 2.01. The van der Waals surface area contributed by atoms with E-state index >= 15 is 0 Å². The molecule has 0 unspecified atom stereocenters. The zero-order valence-corrected chi connectivity index (χ0v) is 12.3. The van der Waals surface area contributed by atoms with Crippen LogP contribution in [-0.2, 0) is 17.9 Å². The molecule has 3 N–H and O–H groups in total. The number of hydrogen-bond acceptors (Lipinski definition) is 5. The minimum absolute atomic E-state index is 0.408. The number of pyridine rings is 2. The minimum atomic E-state index is -0.965. The molecule has 0 bridgehead atoms. The van der Waals surface area contributed by atoms with E-state index in [1.807, 2.05) is 24.3 Å². The van der Waals surface area contributed by atoms with Gasteiger partial charge in [0.2, 0.25) is 0 Å². The first-order chi connectivity index (χ1) is 10.6. The van der Waals surface area contributed by atoms with E-state index in [2.05, 4.69) is 14.9 Å². The number of nitrogens with two attached hydrogens (primary N) is 1. The van der Waals surface area contributed by atoms with Crippen molar-refractivity contribution < 1.29 is 9.90 Å². The van der Waals surface area contributed by atoms with Crippen LogP contribution in [0.25, 0.3) is 0 Å². The Labute approximate surface area is 129 Å². The van der Waals surface area contributed by atoms with Crippen molar-refractivity contribution in [1.29, 1.82) is 0 Å². The van der Waals surface area contributed by atoms with Gasteiger partial charge in [-0.15, -0.1) is 0 Å². The Morgan fingerprint density at radius 3 is 1.91 bits per heavy atom. The summed E-state index contributed by atoms with van der Waals surface area (Å²) in [5.41, 5.74) is 7.87. The van der Waals surface area contributed by atoms with Gasteiger partial charge in [-0.1, -0.05) is 0 Å². The van der Waals surface area contributed by atoms with Crippen LogP contribution in [0.4, 0.5) is 0 Å². The first-order valence-electron chi connectivity index (χ1n) is 7.13. The minimum Gasteiger partial charge on any atom is -0.480 e. The molecule has 0 amide bonds. The number of hydrogen-bond donors (Lipinski definition) is 2. The molecule has 0 spiro atoms. The van der Waals surface area contributed by atoms with Crippen molar-refractivity contribution in [2.45, 2.75) is 25.6 Å². The van der Waals surface area contributed by atoms with Gasteiger partial charge < -0.3 is 10.8 Å². The lowest BCUT2D eigenvalue weighted by Crippen LogP contribution is -2.35. The van der Waals surface area contributed by atoms with Crippen molar-refractivity contribution in [3.63, 3.8) is 0 Å². The monoisotopic (exact) mass is 300 g/mol. The van der Waals surface area contributed by atoms with Crippen LogP contribution in [0.2, 0.25) is 0 Å². The molecule has 0 aromatic carbocycles. The molecular weight excluding hydrogens is 280 g/mol. The number of aromatic nitrogens is 2. The summed E-state index contributed by atoms with van der Waals surface area (Å²) < 4.78 is 0. The van der Waals surface area contributed by atoms with E-state index < -0.39 is 12.0 Å². The second kappa shape index (κ2) is 8.21. The van der Waals surface area contributed by atoms with Gasteiger partial charge in [0.25, 0.3) is 0 Å². The van der Waals surface area contributed by atoms with Crippen LogP contribution in [0.1, 0.15) is 17.5 Å². The van der Waals surface area contributed by atoms with Crippen LogP contribution in [-0.4, -0.2) is 38.5 Å². The van der Waals surface area contributed by atoms with Gasteiger partial charge in [0, 0.05) is 44.4 Å². The van der Waals surface area contributed by atoms with E-state index in [4.69, 9.17) is 10.8 Å². The van der Waals surface area contributed by atoms with Gasteiger partial charge >= 0.3 is 5.97 Å². The van der Waals surface area contributed by atoms with Gasteiger partial charge in [-0.25, -0.2) is 0 Å². The SMILES string of the molecule is N[C@@H](CCN(Cc1ccncc1)Cc1ccncc1)C(=O)O. The van der Waals surface area contributed by atoms with Crippen LogP contribution in [0, 0.1) is 0 Å². The molecule has 0 saturated heterocycles. The summed E-state index contributed by atoms with van der Waals surface area (Å²) in [6.07, 6.45) is 7.42. The maximum Gasteiger partial charge on any atom is 0.320 e. The average Bonchev–Trinajstić information content (AvgIpc) is 2.54. The number of nitrogens with zero attached hydrogens (tertiary/aromatic N) is 3. The Morgan fingerprint density at radius 1 is 1.05 bits per heavy atom. The Hall–Kier alpha value is -2.31. The largest absolute Gasteiger partial charge is 0.480 e. The second-order valence-corrected chi connectivity index (χ2v) is 5.15. The van der Waals surface area contributed by atoms with Gasteiger partial charge in [0.1, 0.15) is 6.04 Å². The van der Waals surface area contributed by atoms with Gasteiger partial charge in [-0.2, -0.15) is 0 Å². The summed E-state index contributed by atoms with van der Waals surface area (Å²) in [6, 6.07) is 6.98. The molecular formula is C16H20N4O2. The molecule has 2 rings (SSSR count). The number of rotatable bonds is 8. The fraction of sp³-hybridized carbons (Fsp3) is 0.312. The lowest BCUT2D eigenvalue weighted by molar-refractivity contribution is -0.138. The van der Waals surface area contributed by atoms with Crippen molar-refractivity contribution in [3.05, 3.63) is 60.2 Å². The number of carboxylic acids is 1. The Bertz CT molecular complexity index is 536. The van der Waals surface area contributed by atoms with Crippen LogP contribution < -0.4 is 5.73 Å².